The molecule has 1 fully saturated rings. The third kappa shape index (κ3) is 2.45. The molecule has 0 heterocycles. The van der Waals surface area contributed by atoms with Crippen molar-refractivity contribution in [3.05, 3.63) is 11.6 Å². The first-order chi connectivity index (χ1) is 8.90. The van der Waals surface area contributed by atoms with Gasteiger partial charge in [0.25, 0.3) is 0 Å². The van der Waals surface area contributed by atoms with Gasteiger partial charge >= 0.3 is 5.97 Å². The van der Waals surface area contributed by atoms with Crippen molar-refractivity contribution in [3.63, 3.8) is 0 Å². The second-order valence-corrected chi connectivity index (χ2v) is 6.57. The molecule has 19 heavy (non-hydrogen) atoms. The Labute approximate surface area is 116 Å². The van der Waals surface area contributed by atoms with E-state index in [9.17, 15) is 9.90 Å². The number of rotatable bonds is 2. The average Bonchev–Trinajstić information content (AvgIpc) is 2.41. The van der Waals surface area contributed by atoms with Crippen molar-refractivity contribution in [3.8, 4) is 0 Å². The number of hydrogen-bond donors (Lipinski definition) is 1. The molecule has 1 saturated carbocycles. The Bertz CT molecular complexity index is 385. The molecule has 108 valence electrons. The van der Waals surface area contributed by atoms with Gasteiger partial charge < -0.3 is 9.84 Å². The summed E-state index contributed by atoms with van der Waals surface area (Å²) in [7, 11) is 1.42. The van der Waals surface area contributed by atoms with Gasteiger partial charge in [-0.15, -0.1) is 0 Å². The number of carbonyl (C=O) groups is 1. The molecule has 1 N–H and O–H groups in total. The fourth-order valence-corrected chi connectivity index (χ4v) is 3.89. The van der Waals surface area contributed by atoms with Gasteiger partial charge in [0.05, 0.1) is 12.7 Å². The van der Waals surface area contributed by atoms with Crippen LogP contribution in [0.1, 0.15) is 46.5 Å². The van der Waals surface area contributed by atoms with E-state index in [1.807, 2.05) is 6.08 Å². The molecule has 0 aromatic rings. The van der Waals surface area contributed by atoms with E-state index in [1.54, 1.807) is 0 Å². The third-order valence-electron chi connectivity index (χ3n) is 5.34. The molecule has 0 aromatic carbocycles. The summed E-state index contributed by atoms with van der Waals surface area (Å²) in [6.07, 6.45) is 5.69. The highest BCUT2D eigenvalue weighted by molar-refractivity contribution is 5.88. The molecular formula is C16H26O3. The molecule has 0 saturated heterocycles. The van der Waals surface area contributed by atoms with Crippen molar-refractivity contribution in [2.45, 2.75) is 52.1 Å². The Morgan fingerprint density at radius 2 is 2.16 bits per heavy atom. The van der Waals surface area contributed by atoms with E-state index in [0.29, 0.717) is 11.8 Å². The Balaban J connectivity index is 2.34. The zero-order valence-corrected chi connectivity index (χ0v) is 12.5. The predicted octanol–water partition coefficient (Wildman–Crippen LogP) is 2.93. The highest BCUT2D eigenvalue weighted by atomic mass is 16.5. The van der Waals surface area contributed by atoms with Gasteiger partial charge in [-0.3, -0.25) is 0 Å². The van der Waals surface area contributed by atoms with E-state index < -0.39 is 5.60 Å². The standard InChI is InChI=1S/C16H26O3/c1-10(2)16(18)8-7-11(3)13-6-5-12(9-14(13)16)15(17)19-4/h9-11,13-14,18H,5-8H2,1-4H3. The maximum Gasteiger partial charge on any atom is 0.333 e. The second-order valence-electron chi connectivity index (χ2n) is 6.57. The van der Waals surface area contributed by atoms with Crippen molar-refractivity contribution in [2.24, 2.45) is 23.7 Å². The van der Waals surface area contributed by atoms with Gasteiger partial charge in [-0.1, -0.05) is 26.8 Å². The highest BCUT2D eigenvalue weighted by Gasteiger charge is 2.49. The Kier molecular flexibility index (Phi) is 4.05. The quantitative estimate of drug-likeness (QED) is 0.782. The van der Waals surface area contributed by atoms with E-state index in [1.165, 1.54) is 7.11 Å². The normalized spacial score (nSPS) is 38.6. The first-order valence-corrected chi connectivity index (χ1v) is 7.41. The lowest BCUT2D eigenvalue weighted by Gasteiger charge is -2.50. The maximum atomic E-state index is 11.7. The molecule has 0 spiro atoms. The Morgan fingerprint density at radius 3 is 2.74 bits per heavy atom. The summed E-state index contributed by atoms with van der Waals surface area (Å²) < 4.78 is 4.84. The van der Waals surface area contributed by atoms with Gasteiger partial charge in [0.1, 0.15) is 0 Å². The van der Waals surface area contributed by atoms with E-state index in [-0.39, 0.29) is 17.8 Å². The molecular weight excluding hydrogens is 240 g/mol. The molecule has 4 atom stereocenters. The lowest BCUT2D eigenvalue weighted by atomic mass is 9.58. The van der Waals surface area contributed by atoms with Crippen molar-refractivity contribution >= 4 is 5.97 Å². The van der Waals surface area contributed by atoms with Crippen LogP contribution in [0.5, 0.6) is 0 Å². The van der Waals surface area contributed by atoms with Crippen molar-refractivity contribution < 1.29 is 14.6 Å². The molecule has 3 nitrogen and oxygen atoms in total. The van der Waals surface area contributed by atoms with Crippen molar-refractivity contribution in [1.29, 1.82) is 0 Å². The molecule has 2 aliphatic rings. The van der Waals surface area contributed by atoms with E-state index in [2.05, 4.69) is 20.8 Å². The lowest BCUT2D eigenvalue weighted by molar-refractivity contribution is -0.137. The number of esters is 1. The van der Waals surface area contributed by atoms with E-state index in [0.717, 1.165) is 31.3 Å². The van der Waals surface area contributed by atoms with Crippen LogP contribution < -0.4 is 0 Å². The minimum Gasteiger partial charge on any atom is -0.466 e. The topological polar surface area (TPSA) is 46.5 Å². The zero-order chi connectivity index (χ0) is 14.2. The van der Waals surface area contributed by atoms with E-state index in [4.69, 9.17) is 4.74 Å². The summed E-state index contributed by atoms with van der Waals surface area (Å²) in [6.45, 7) is 6.43. The highest BCUT2D eigenvalue weighted by Crippen LogP contribution is 2.50. The largest absolute Gasteiger partial charge is 0.466 e. The number of carbonyl (C=O) groups excluding carboxylic acids is 1. The van der Waals surface area contributed by atoms with Crippen LogP contribution in [-0.2, 0) is 9.53 Å². The van der Waals surface area contributed by atoms with Crippen LogP contribution in [0, 0.1) is 23.7 Å². The first-order valence-electron chi connectivity index (χ1n) is 7.41. The number of methoxy groups -OCH3 is 1. The first kappa shape index (κ1) is 14.6. The number of hydrogen-bond acceptors (Lipinski definition) is 3. The molecule has 0 radical (unpaired) electrons. The minimum atomic E-state index is -0.670. The van der Waals surface area contributed by atoms with E-state index >= 15 is 0 Å². The summed E-state index contributed by atoms with van der Waals surface area (Å²) in [4.78, 5) is 11.7. The maximum absolute atomic E-state index is 11.7. The zero-order valence-electron chi connectivity index (χ0n) is 12.5. The summed E-state index contributed by atoms with van der Waals surface area (Å²) in [5, 5.41) is 11.0. The number of aliphatic hydroxyl groups is 1. The van der Waals surface area contributed by atoms with Crippen LogP contribution in [0.15, 0.2) is 11.6 Å². The van der Waals surface area contributed by atoms with Gasteiger partial charge in [-0.05, 0) is 43.4 Å². The third-order valence-corrected chi connectivity index (χ3v) is 5.34. The Morgan fingerprint density at radius 1 is 1.47 bits per heavy atom. The lowest BCUT2D eigenvalue weighted by Crippen LogP contribution is -2.51. The summed E-state index contributed by atoms with van der Waals surface area (Å²) in [6, 6.07) is 0. The number of ether oxygens (including phenoxy) is 1. The fraction of sp³-hybridized carbons (Fsp3) is 0.812. The molecule has 4 unspecified atom stereocenters. The number of fused-ring (bicyclic) bond motifs is 1. The molecule has 2 aliphatic carbocycles. The van der Waals surface area contributed by atoms with Crippen molar-refractivity contribution in [2.75, 3.05) is 7.11 Å². The van der Waals surface area contributed by atoms with Gasteiger partial charge in [0.2, 0.25) is 0 Å². The van der Waals surface area contributed by atoms with Crippen LogP contribution in [0.3, 0.4) is 0 Å². The summed E-state index contributed by atoms with van der Waals surface area (Å²) >= 11 is 0. The Hall–Kier alpha value is -0.830. The van der Waals surface area contributed by atoms with Crippen LogP contribution in [-0.4, -0.2) is 23.8 Å². The second kappa shape index (κ2) is 5.28. The molecule has 0 aliphatic heterocycles. The molecule has 2 rings (SSSR count). The van der Waals surface area contributed by atoms with Gasteiger partial charge in [0.15, 0.2) is 0 Å². The van der Waals surface area contributed by atoms with Gasteiger partial charge in [-0.25, -0.2) is 4.79 Å². The smallest absolute Gasteiger partial charge is 0.333 e. The van der Waals surface area contributed by atoms with Crippen LogP contribution >= 0.6 is 0 Å². The van der Waals surface area contributed by atoms with Crippen molar-refractivity contribution in [1.82, 2.24) is 0 Å². The fourth-order valence-electron chi connectivity index (χ4n) is 3.89. The molecule has 0 amide bonds. The predicted molar refractivity (Wildman–Crippen MR) is 74.5 cm³/mol. The minimum absolute atomic E-state index is 0.0964. The van der Waals surface area contributed by atoms with Gasteiger partial charge in [0, 0.05) is 11.5 Å². The summed E-state index contributed by atoms with van der Waals surface area (Å²) in [5.41, 5.74) is 0.0774. The van der Waals surface area contributed by atoms with Gasteiger partial charge in [-0.2, -0.15) is 0 Å². The molecule has 0 aromatic heterocycles. The van der Waals surface area contributed by atoms with Crippen LogP contribution in [0.25, 0.3) is 0 Å². The van der Waals surface area contributed by atoms with Crippen LogP contribution in [0.4, 0.5) is 0 Å². The summed E-state index contributed by atoms with van der Waals surface area (Å²) in [5.74, 6) is 1.19. The SMILES string of the molecule is COC(=O)C1=CC2C(CC1)C(C)CCC2(O)C(C)C. The average molecular weight is 266 g/mol. The molecule has 0 bridgehead atoms. The molecule has 3 heteroatoms. The van der Waals surface area contributed by atoms with Crippen LogP contribution in [0.2, 0.25) is 0 Å². The monoisotopic (exact) mass is 266 g/mol.